The lowest BCUT2D eigenvalue weighted by molar-refractivity contribution is -0.137. The Kier molecular flexibility index (Phi) is 13.7. The Morgan fingerprint density at radius 2 is 0.696 bits per heavy atom. The maximum absolute atomic E-state index is 15.8. The van der Waals surface area contributed by atoms with Gasteiger partial charge in [-0.1, -0.05) is 158 Å². The maximum Gasteiger partial charge on any atom is 0.416 e. The van der Waals surface area contributed by atoms with E-state index in [-0.39, 0.29) is 5.69 Å². The number of hydrogen-bond donors (Lipinski definition) is 0. The molecule has 0 bridgehead atoms. The summed E-state index contributed by atoms with van der Waals surface area (Å²) in [7, 11) is 0. The van der Waals surface area contributed by atoms with Crippen molar-refractivity contribution in [2.45, 2.75) is 6.18 Å². The number of halogens is 3. The highest BCUT2D eigenvalue weighted by atomic mass is 19.4. The van der Waals surface area contributed by atoms with E-state index < -0.39 is 11.7 Å². The molecule has 3 aromatic heterocycles. The van der Waals surface area contributed by atoms with Gasteiger partial charge in [0.15, 0.2) is 34.5 Å². The number of aromatic nitrogens is 5. The van der Waals surface area contributed by atoms with Crippen LogP contribution in [0.15, 0.2) is 267 Å². The van der Waals surface area contributed by atoms with Gasteiger partial charge in [-0.05, 0) is 154 Å². The van der Waals surface area contributed by atoms with Crippen molar-refractivity contribution in [2.24, 2.45) is 0 Å². The first-order valence-corrected chi connectivity index (χ1v) is 29.4. The van der Waals surface area contributed by atoms with E-state index >= 15 is 13.2 Å². The molecule has 0 aliphatic rings. The van der Waals surface area contributed by atoms with Crippen molar-refractivity contribution in [1.29, 1.82) is 5.26 Å². The highest BCUT2D eigenvalue weighted by Crippen LogP contribution is 2.47. The molecular weight excluding hydrogens is 1140 g/mol. The minimum absolute atomic E-state index is 0.232. The highest BCUT2D eigenvalue weighted by Gasteiger charge is 2.33. The van der Waals surface area contributed by atoms with E-state index in [0.29, 0.717) is 73.5 Å². The normalized spacial score (nSPS) is 11.4. The summed E-state index contributed by atoms with van der Waals surface area (Å²) in [6.07, 6.45) is -4.77. The van der Waals surface area contributed by atoms with Crippen molar-refractivity contribution < 1.29 is 13.2 Å². The zero-order valence-corrected chi connectivity index (χ0v) is 48.6. The summed E-state index contributed by atoms with van der Waals surface area (Å²) in [5.41, 5.74) is 14.4. The monoisotopic (exact) mass is 1190 g/mol. The van der Waals surface area contributed by atoms with Gasteiger partial charge in [0.1, 0.15) is 0 Å². The predicted molar refractivity (Wildman–Crippen MR) is 360 cm³/mol. The Morgan fingerprint density at radius 3 is 1.11 bits per heavy atom. The van der Waals surface area contributed by atoms with E-state index in [1.54, 1.807) is 30.3 Å². The van der Waals surface area contributed by atoms with Gasteiger partial charge in [0.25, 0.3) is 0 Å². The summed E-state index contributed by atoms with van der Waals surface area (Å²) in [5, 5.41) is 13.2. The second kappa shape index (κ2) is 22.6. The van der Waals surface area contributed by atoms with Crippen LogP contribution in [0.5, 0.6) is 0 Å². The number of fused-ring (bicyclic) bond motifs is 6. The number of hydrogen-bond acceptors (Lipinski definition) is 4. The molecule has 0 N–H and O–H groups in total. The molecule has 92 heavy (non-hydrogen) atoms. The minimum atomic E-state index is -4.77. The van der Waals surface area contributed by atoms with Crippen LogP contribution in [0.3, 0.4) is 0 Å². The lowest BCUT2D eigenvalue weighted by Gasteiger charge is -2.21. The molecule has 0 aliphatic heterocycles. The van der Waals surface area contributed by atoms with Gasteiger partial charge in [-0.25, -0.2) is 29.5 Å². The largest absolute Gasteiger partial charge is 0.416 e. The molecule has 0 fully saturated rings. The summed E-state index contributed by atoms with van der Waals surface area (Å²) in [4.78, 5) is 26.5. The molecular formula is C80H44F3N9. The van der Waals surface area contributed by atoms with E-state index in [9.17, 15) is 5.26 Å². The van der Waals surface area contributed by atoms with Gasteiger partial charge in [-0.2, -0.15) is 18.4 Å². The van der Waals surface area contributed by atoms with Gasteiger partial charge in [-0.3, -0.25) is 0 Å². The average Bonchev–Trinajstić information content (AvgIpc) is 1.56. The Hall–Kier alpha value is -13.0. The molecule has 0 aliphatic carbocycles. The fourth-order valence-corrected chi connectivity index (χ4v) is 12.5. The Morgan fingerprint density at radius 1 is 0.326 bits per heavy atom. The molecule has 9 nitrogen and oxygen atoms in total. The third-order valence-corrected chi connectivity index (χ3v) is 16.8. The van der Waals surface area contributed by atoms with Crippen LogP contribution >= 0.6 is 0 Å². The van der Waals surface area contributed by atoms with Crippen LogP contribution in [0.1, 0.15) is 11.1 Å². The fraction of sp³-hybridized carbons (Fsp3) is 0.0125. The van der Waals surface area contributed by atoms with Gasteiger partial charge < -0.3 is 9.13 Å². The lowest BCUT2D eigenvalue weighted by atomic mass is 9.96. The third-order valence-electron chi connectivity index (χ3n) is 16.8. The van der Waals surface area contributed by atoms with Crippen LogP contribution in [0.2, 0.25) is 0 Å². The van der Waals surface area contributed by atoms with Crippen LogP contribution in [0.25, 0.3) is 159 Å². The first kappa shape index (κ1) is 55.6. The number of benzene rings is 12. The minimum Gasteiger partial charge on any atom is -0.309 e. The summed E-state index contributed by atoms with van der Waals surface area (Å²) in [6.45, 7) is 23.5. The average molecular weight is 1190 g/mol. The second-order valence-electron chi connectivity index (χ2n) is 22.3. The highest BCUT2D eigenvalue weighted by molar-refractivity contribution is 6.14. The number of nitrogens with zero attached hydrogens (tertiary/aromatic N) is 9. The molecule has 0 unspecified atom stereocenters. The van der Waals surface area contributed by atoms with E-state index in [1.807, 2.05) is 217 Å². The molecule has 12 aromatic carbocycles. The van der Waals surface area contributed by atoms with Gasteiger partial charge in [0.05, 0.1) is 70.4 Å². The molecule has 0 amide bonds. The standard InChI is InChI=1S/C80H44F3N9/c1-85-62-23-11-20-53(39-62)57-27-33-72-67(43-57)68-44-58(54-21-12-24-63(40-54)86-2)28-34-73(68)91(72)71-37-30-60(79-89-77(50-15-6-4-7-16-50)88-78(90-79)51-17-8-5-9-18-51)46-66(71)65-32-31-61(80(81,82)83)47-76(65)92-74-35-26-56(52-19-10-14-49(38-52)48-84)42-69(74)70-45-59(29-36-75(70)92)55-22-13-25-64(41-55)87-3/h4-47H. The third kappa shape index (κ3) is 9.99. The lowest BCUT2D eigenvalue weighted by Crippen LogP contribution is -2.08. The van der Waals surface area contributed by atoms with Crippen molar-refractivity contribution in [3.05, 3.63) is 312 Å². The quantitative estimate of drug-likeness (QED) is 0.128. The maximum atomic E-state index is 15.8. The Balaban J connectivity index is 1.05. The van der Waals surface area contributed by atoms with E-state index in [2.05, 4.69) is 37.3 Å². The van der Waals surface area contributed by atoms with Gasteiger partial charge >= 0.3 is 6.18 Å². The zero-order chi connectivity index (χ0) is 62.6. The summed E-state index contributed by atoms with van der Waals surface area (Å²) < 4.78 is 51.3. The van der Waals surface area contributed by atoms with E-state index in [0.717, 1.165) is 94.3 Å². The molecule has 0 spiro atoms. The molecule has 15 rings (SSSR count). The van der Waals surface area contributed by atoms with Crippen molar-refractivity contribution in [2.75, 3.05) is 0 Å². The molecule has 15 aromatic rings. The van der Waals surface area contributed by atoms with E-state index in [4.69, 9.17) is 34.7 Å². The first-order valence-electron chi connectivity index (χ1n) is 29.4. The van der Waals surface area contributed by atoms with Crippen LogP contribution in [0, 0.1) is 31.0 Å². The molecule has 0 saturated carbocycles. The topological polar surface area (TPSA) is 85.4 Å². The van der Waals surface area contributed by atoms with Crippen molar-refractivity contribution in [3.63, 3.8) is 0 Å². The number of alkyl halides is 3. The molecule has 0 saturated heterocycles. The smallest absolute Gasteiger partial charge is 0.309 e. The molecule has 12 heteroatoms. The summed E-state index contributed by atoms with van der Waals surface area (Å²) in [5.74, 6) is 1.19. The van der Waals surface area contributed by atoms with Gasteiger partial charge in [0.2, 0.25) is 0 Å². The van der Waals surface area contributed by atoms with Crippen molar-refractivity contribution in [1.82, 2.24) is 24.1 Å². The molecule has 0 radical (unpaired) electrons. The molecule has 0 atom stereocenters. The second-order valence-corrected chi connectivity index (χ2v) is 22.3. The van der Waals surface area contributed by atoms with Crippen molar-refractivity contribution >= 4 is 60.7 Å². The van der Waals surface area contributed by atoms with Crippen molar-refractivity contribution in [3.8, 4) is 107 Å². The zero-order valence-electron chi connectivity index (χ0n) is 48.6. The predicted octanol–water partition coefficient (Wildman–Crippen LogP) is 21.9. The summed E-state index contributed by atoms with van der Waals surface area (Å²) in [6, 6.07) is 85.1. The Bertz CT molecular complexity index is 5410. The van der Waals surface area contributed by atoms with Crippen LogP contribution in [-0.2, 0) is 6.18 Å². The van der Waals surface area contributed by atoms with Crippen LogP contribution < -0.4 is 0 Å². The molecule has 3 heterocycles. The first-order chi connectivity index (χ1) is 45.0. The van der Waals surface area contributed by atoms with Crippen LogP contribution in [-0.4, -0.2) is 24.1 Å². The number of rotatable bonds is 10. The Labute approximate surface area is 526 Å². The van der Waals surface area contributed by atoms with Gasteiger partial charge in [-0.15, -0.1) is 0 Å². The number of nitriles is 1. The fourth-order valence-electron chi connectivity index (χ4n) is 12.5. The van der Waals surface area contributed by atoms with E-state index in [1.165, 1.54) is 6.07 Å². The SMILES string of the molecule is [C-]#[N+]c1cccc(-c2ccc3c(c2)c2cc(-c4cccc([N+]#[C-])c4)ccc2n3-c2ccc(-c3nc(-c4ccccc4)nc(-c4ccccc4)n3)cc2-c2ccc(C(F)(F)F)cc2-n2c3ccc(-c4cccc(C#N)c4)cc3c3cc(-c4cccc([N+]#[C-])c4)ccc32)c1. The molecule has 430 valence electrons. The van der Waals surface area contributed by atoms with Crippen LogP contribution in [0.4, 0.5) is 30.2 Å². The summed E-state index contributed by atoms with van der Waals surface area (Å²) >= 11 is 0. The van der Waals surface area contributed by atoms with Gasteiger partial charge in [0, 0.05) is 49.4 Å².